The van der Waals surface area contributed by atoms with Gasteiger partial charge in [-0.2, -0.15) is 0 Å². The number of amides is 2. The standard InChI is InChI=1S/C36H48N3O6.C34H44N3O6.2V/c1-4-25-30(22-40)39-21-32(25)45-34-28(37-27-16-15-24(43-3)19-29(27)38-34)13-7-5-6-11-23-12-10-14-31(23)44-33(41)20-26(35(39)42)36(2)17-8-9-18-36;1-4-23-28(20-38)37-19-30(23)43-32-26(35-25-13-12-22(41-3)17-27(25)36-32)11-7-5-6-10-21-16-29(21)42-31(39)18-24(33(37)40)34(2)14-8-9-15-34;;/h15-16,19,23,25-26,30-32H,4-14,17-18,20-21H2,1-3H3;12-13,17,21,23-24,28-30H,4-11,14-16,18-19H2,1-3H3;;/q2*-1;;/t23-,25+,26-,30-,31-,32+;21-,23+,24-,28-,29-,30+;;/m11../s1. The molecule has 0 spiro atoms. The van der Waals surface area contributed by atoms with Crippen LogP contribution in [0.3, 0.4) is 0 Å². The first-order valence-electron chi connectivity index (χ1n) is 33.4. The van der Waals surface area contributed by atoms with Crippen LogP contribution in [0.1, 0.15) is 193 Å². The summed E-state index contributed by atoms with van der Waals surface area (Å²) in [5.41, 5.74) is 3.84. The first kappa shape index (κ1) is 69.1. The predicted molar refractivity (Wildman–Crippen MR) is 330 cm³/mol. The van der Waals surface area contributed by atoms with Gasteiger partial charge in [-0.25, -0.2) is 32.5 Å². The van der Waals surface area contributed by atoms with Gasteiger partial charge in [0.1, 0.15) is 47.3 Å². The molecule has 4 saturated carbocycles. The van der Waals surface area contributed by atoms with E-state index in [0.29, 0.717) is 71.8 Å². The molecular weight excluding hydrogens is 1220 g/mol. The van der Waals surface area contributed by atoms with Gasteiger partial charge in [-0.05, 0) is 149 Å². The molecule has 4 aliphatic carbocycles. The number of methoxy groups -OCH3 is 2. The van der Waals surface area contributed by atoms with Gasteiger partial charge in [0.2, 0.25) is 23.6 Å². The fourth-order valence-electron chi connectivity index (χ4n) is 16.3. The number of ether oxygens (including phenoxy) is 6. The zero-order chi connectivity index (χ0) is 61.7. The third kappa shape index (κ3) is 15.2. The van der Waals surface area contributed by atoms with Crippen LogP contribution in [0.15, 0.2) is 36.4 Å². The molecule has 4 aromatic rings. The molecule has 2 aromatic carbocycles. The molecule has 90 heavy (non-hydrogen) atoms. The van der Waals surface area contributed by atoms with Crippen molar-refractivity contribution in [2.24, 2.45) is 46.3 Å². The van der Waals surface area contributed by atoms with Crippen LogP contribution in [0.25, 0.3) is 22.1 Å². The van der Waals surface area contributed by atoms with Crippen molar-refractivity contribution >= 4 is 58.4 Å². The van der Waals surface area contributed by atoms with Crippen molar-refractivity contribution < 1.29 is 94.3 Å². The number of fused-ring (bicyclic) bond motifs is 10. The number of carbonyl (C=O) groups is 4. The van der Waals surface area contributed by atoms with Gasteiger partial charge in [-0.3, -0.25) is 19.2 Å². The van der Waals surface area contributed by atoms with Crippen LogP contribution < -0.4 is 18.9 Å². The second kappa shape index (κ2) is 30.6. The minimum Gasteiger partial charge on any atom is -0.540 e. The molecule has 0 unspecified atom stereocenters. The molecule has 8 aliphatic rings. The van der Waals surface area contributed by atoms with E-state index in [4.69, 9.17) is 48.4 Å². The van der Waals surface area contributed by atoms with Crippen molar-refractivity contribution in [2.45, 2.75) is 231 Å². The van der Waals surface area contributed by atoms with E-state index >= 15 is 0 Å². The summed E-state index contributed by atoms with van der Waals surface area (Å²) in [5.74, 6) is 0.524. The summed E-state index contributed by atoms with van der Waals surface area (Å²) in [4.78, 5) is 104. The summed E-state index contributed by atoms with van der Waals surface area (Å²) in [5, 5.41) is 0. The molecule has 18 nitrogen and oxygen atoms in total. The fraction of sp³-hybridized carbons (Fsp3) is 0.686. The minimum atomic E-state index is -0.755. The average molecular weight is 1310 g/mol. The van der Waals surface area contributed by atoms with Gasteiger partial charge < -0.3 is 47.8 Å². The molecule has 4 bridgehead atoms. The molecule has 2 amide bonds. The first-order valence-corrected chi connectivity index (χ1v) is 33.4. The van der Waals surface area contributed by atoms with Gasteiger partial charge in [0.05, 0.1) is 74.1 Å². The van der Waals surface area contributed by atoms with Gasteiger partial charge >= 0.3 is 11.9 Å². The molecule has 12 rings (SSSR count). The van der Waals surface area contributed by atoms with E-state index in [1.807, 2.05) is 50.2 Å². The van der Waals surface area contributed by atoms with E-state index in [0.717, 1.165) is 151 Å². The van der Waals surface area contributed by atoms with Crippen molar-refractivity contribution in [3.8, 4) is 23.3 Å². The van der Waals surface area contributed by atoms with Crippen molar-refractivity contribution in [1.29, 1.82) is 0 Å². The van der Waals surface area contributed by atoms with Crippen molar-refractivity contribution in [3.05, 3.63) is 47.8 Å². The molecule has 6 heterocycles. The Morgan fingerprint density at radius 2 is 0.944 bits per heavy atom. The van der Waals surface area contributed by atoms with Gasteiger partial charge in [0.15, 0.2) is 0 Å². The number of benzene rings is 2. The smallest absolute Gasteiger partial charge is 0.306 e. The monoisotopic (exact) mass is 1310 g/mol. The molecule has 2 saturated heterocycles. The van der Waals surface area contributed by atoms with Crippen LogP contribution >= 0.6 is 0 Å². The molecule has 2 aromatic heterocycles. The molecule has 20 heteroatoms. The molecular formula is C70H92N6O12V2-2. The van der Waals surface area contributed by atoms with Gasteiger partial charge in [0, 0.05) is 49.2 Å². The summed E-state index contributed by atoms with van der Waals surface area (Å²) in [7, 11) is 3.24. The van der Waals surface area contributed by atoms with E-state index in [-0.39, 0.29) is 122 Å². The Hall–Kier alpha value is -5.29. The SMILES string of the molecule is CC[C@@H]1[C@@H]2CN(C(=O)[C@H](C3(C)CCCC3)CC(=O)O[C@@H]3CCC[C@H]3CCCCCc3nc4ccc(OC)cc4nc3O2)[C@@H]1[C-]=O.CC[C@@H]1[C@@H]2CN(C(=O)[C@H](C3(C)CCCC3)CC(=O)O[C@@H]3C[C@H]3CCCCCc3nc4ccc(OC)cc4nc3O2)[C@@H]1[C-]=O.[V].[V]. The zero-order valence-corrected chi connectivity index (χ0v) is 56.5. The van der Waals surface area contributed by atoms with E-state index in [1.54, 1.807) is 24.0 Å². The van der Waals surface area contributed by atoms with Crippen LogP contribution in [-0.4, -0.2) is 130 Å². The van der Waals surface area contributed by atoms with Crippen LogP contribution in [0, 0.1) is 46.3 Å². The Balaban J connectivity index is 0.000000209. The van der Waals surface area contributed by atoms with E-state index in [1.165, 1.54) is 0 Å². The largest absolute Gasteiger partial charge is 0.540 e. The maximum Gasteiger partial charge on any atom is 0.306 e. The fourth-order valence-corrected chi connectivity index (χ4v) is 16.3. The first-order chi connectivity index (χ1) is 42.7. The number of aromatic nitrogens is 4. The average Bonchev–Trinajstić information content (AvgIpc) is 1.71. The maximum absolute atomic E-state index is 14.5. The Morgan fingerprint density at radius 3 is 1.38 bits per heavy atom. The molecule has 486 valence electrons. The summed E-state index contributed by atoms with van der Waals surface area (Å²) in [6.45, 7) is 8.74. The summed E-state index contributed by atoms with van der Waals surface area (Å²) in [6.07, 6.45) is 25.7. The Bertz CT molecular complexity index is 3180. The zero-order valence-electron chi connectivity index (χ0n) is 53.7. The number of rotatable bonds is 8. The summed E-state index contributed by atoms with van der Waals surface area (Å²) < 4.78 is 36.2. The number of hydrogen-bond donors (Lipinski definition) is 0. The van der Waals surface area contributed by atoms with Crippen LogP contribution in [-0.2, 0) is 88.2 Å². The molecule has 2 radical (unpaired) electrons. The topological polar surface area (TPSA) is 216 Å². The molecule has 6 fully saturated rings. The van der Waals surface area contributed by atoms with Crippen LogP contribution in [0.4, 0.5) is 0 Å². The second-order valence-electron chi connectivity index (χ2n) is 27.4. The van der Waals surface area contributed by atoms with E-state index < -0.39 is 36.1 Å². The van der Waals surface area contributed by atoms with E-state index in [9.17, 15) is 28.8 Å². The van der Waals surface area contributed by atoms with Gasteiger partial charge in [-0.15, -0.1) is 0 Å². The predicted octanol–water partition coefficient (Wildman–Crippen LogP) is 11.5. The van der Waals surface area contributed by atoms with Crippen molar-refractivity contribution in [1.82, 2.24) is 29.7 Å². The van der Waals surface area contributed by atoms with Crippen LogP contribution in [0.2, 0.25) is 0 Å². The quantitative estimate of drug-likeness (QED) is 0.118. The molecule has 4 aliphatic heterocycles. The van der Waals surface area contributed by atoms with Crippen molar-refractivity contribution in [2.75, 3.05) is 27.3 Å². The minimum absolute atomic E-state index is 0. The Kier molecular flexibility index (Phi) is 23.5. The van der Waals surface area contributed by atoms with Crippen LogP contribution in [0.5, 0.6) is 23.3 Å². The third-order valence-corrected chi connectivity index (χ3v) is 21.8. The number of aryl methyl sites for hydroxylation is 2. The summed E-state index contributed by atoms with van der Waals surface area (Å²) in [6, 6.07) is 9.78. The number of carbonyl (C=O) groups excluding carboxylic acids is 6. The molecule has 12 atom stereocenters. The van der Waals surface area contributed by atoms with E-state index in [2.05, 4.69) is 26.4 Å². The normalized spacial score (nSPS) is 30.4. The Labute approximate surface area is 555 Å². The van der Waals surface area contributed by atoms with Gasteiger partial charge in [-0.1, -0.05) is 104 Å². The number of hydrogen-bond acceptors (Lipinski definition) is 16. The van der Waals surface area contributed by atoms with Gasteiger partial charge in [0.25, 0.3) is 0 Å². The van der Waals surface area contributed by atoms with Crippen molar-refractivity contribution in [3.63, 3.8) is 0 Å². The maximum atomic E-state index is 14.5. The third-order valence-electron chi connectivity index (χ3n) is 21.8. The number of esters is 2. The number of nitrogens with zero attached hydrogens (tertiary/aromatic N) is 6. The second-order valence-corrected chi connectivity index (χ2v) is 27.4. The summed E-state index contributed by atoms with van der Waals surface area (Å²) >= 11 is 0. The Morgan fingerprint density at radius 1 is 0.511 bits per heavy atom. The molecule has 0 N–H and O–H groups in total.